The van der Waals surface area contributed by atoms with Crippen LogP contribution in [0.5, 0.6) is 0 Å². The summed E-state index contributed by atoms with van der Waals surface area (Å²) >= 11 is 0. The number of imidazole rings is 1. The number of hydrogen-bond donors (Lipinski definition) is 0. The Labute approximate surface area is 126 Å². The molecule has 4 heteroatoms. The second-order valence-electron chi connectivity index (χ2n) is 6.82. The van der Waals surface area contributed by atoms with Gasteiger partial charge in [-0.3, -0.25) is 4.90 Å². The van der Waals surface area contributed by atoms with Crippen molar-refractivity contribution in [2.75, 3.05) is 26.7 Å². The Balaban J connectivity index is 1.64. The standard InChI is InChI=1S/C17H24N4/c1-13-16(21-8-4-3-5-17(21)18-13)12-20-10-14-6-7-15(20)11-19(2)9-14/h3-5,8,14-15H,6-7,9-12H2,1-2H3/t14-,15+/m1/s1. The molecular weight excluding hydrogens is 260 g/mol. The van der Waals surface area contributed by atoms with E-state index >= 15 is 0 Å². The first kappa shape index (κ1) is 13.3. The first-order valence-corrected chi connectivity index (χ1v) is 8.06. The summed E-state index contributed by atoms with van der Waals surface area (Å²) in [6.07, 6.45) is 4.90. The molecule has 3 aliphatic rings. The van der Waals surface area contributed by atoms with Crippen LogP contribution in [0.25, 0.3) is 5.65 Å². The number of likely N-dealkylation sites (N-methyl/N-ethyl adjacent to an activating group) is 1. The third-order valence-electron chi connectivity index (χ3n) is 5.19. The number of nitrogens with zero attached hydrogens (tertiary/aromatic N) is 4. The summed E-state index contributed by atoms with van der Waals surface area (Å²) in [4.78, 5) is 9.92. The Morgan fingerprint density at radius 2 is 2.10 bits per heavy atom. The molecule has 5 heterocycles. The van der Waals surface area contributed by atoms with Crippen molar-refractivity contribution in [3.63, 3.8) is 0 Å². The quantitative estimate of drug-likeness (QED) is 0.844. The van der Waals surface area contributed by atoms with Gasteiger partial charge in [-0.15, -0.1) is 0 Å². The molecule has 0 spiro atoms. The monoisotopic (exact) mass is 284 g/mol. The van der Waals surface area contributed by atoms with E-state index in [9.17, 15) is 0 Å². The molecule has 0 N–H and O–H groups in total. The number of hydrogen-bond acceptors (Lipinski definition) is 3. The average molecular weight is 284 g/mol. The smallest absolute Gasteiger partial charge is 0.137 e. The summed E-state index contributed by atoms with van der Waals surface area (Å²) in [7, 11) is 2.27. The van der Waals surface area contributed by atoms with Crippen molar-refractivity contribution in [1.82, 2.24) is 19.2 Å². The van der Waals surface area contributed by atoms with Gasteiger partial charge in [-0.1, -0.05) is 6.07 Å². The lowest BCUT2D eigenvalue weighted by molar-refractivity contribution is 0.122. The van der Waals surface area contributed by atoms with Crippen molar-refractivity contribution in [1.29, 1.82) is 0 Å². The molecule has 5 rings (SSSR count). The van der Waals surface area contributed by atoms with Crippen LogP contribution in [0.3, 0.4) is 0 Å². The maximum atomic E-state index is 4.70. The minimum Gasteiger partial charge on any atom is -0.304 e. The van der Waals surface area contributed by atoms with Crippen LogP contribution in [0.15, 0.2) is 24.4 Å². The number of rotatable bonds is 2. The lowest BCUT2D eigenvalue weighted by atomic mass is 9.95. The topological polar surface area (TPSA) is 23.8 Å². The van der Waals surface area contributed by atoms with E-state index < -0.39 is 0 Å². The third kappa shape index (κ3) is 2.36. The van der Waals surface area contributed by atoms with Crippen molar-refractivity contribution < 1.29 is 0 Å². The second kappa shape index (κ2) is 5.11. The molecule has 2 atom stereocenters. The number of pyridine rings is 1. The molecule has 2 bridgehead atoms. The van der Waals surface area contributed by atoms with Gasteiger partial charge >= 0.3 is 0 Å². The lowest BCUT2D eigenvalue weighted by Gasteiger charge is -2.36. The minimum atomic E-state index is 0.711. The highest BCUT2D eigenvalue weighted by Crippen LogP contribution is 2.29. The second-order valence-corrected chi connectivity index (χ2v) is 6.82. The zero-order chi connectivity index (χ0) is 14.4. The zero-order valence-corrected chi connectivity index (χ0v) is 13.0. The predicted octanol–water partition coefficient (Wildman–Crippen LogP) is 2.17. The molecule has 3 saturated heterocycles. The largest absolute Gasteiger partial charge is 0.304 e. The van der Waals surface area contributed by atoms with Crippen LogP contribution >= 0.6 is 0 Å². The van der Waals surface area contributed by atoms with Crippen LogP contribution in [0.4, 0.5) is 0 Å². The Hall–Kier alpha value is -1.39. The van der Waals surface area contributed by atoms with Gasteiger partial charge in [0.25, 0.3) is 0 Å². The van der Waals surface area contributed by atoms with E-state index in [1.165, 1.54) is 43.9 Å². The molecular formula is C17H24N4. The maximum Gasteiger partial charge on any atom is 0.137 e. The highest BCUT2D eigenvalue weighted by atomic mass is 15.3. The average Bonchev–Trinajstić information content (AvgIpc) is 2.60. The molecule has 3 aliphatic heterocycles. The lowest BCUT2D eigenvalue weighted by Crippen LogP contribution is -2.43. The van der Waals surface area contributed by atoms with Gasteiger partial charge in [0.15, 0.2) is 0 Å². The molecule has 2 aromatic rings. The molecule has 0 saturated carbocycles. The summed E-state index contributed by atoms with van der Waals surface area (Å²) in [6.45, 7) is 6.90. The maximum absolute atomic E-state index is 4.70. The van der Waals surface area contributed by atoms with E-state index in [0.29, 0.717) is 6.04 Å². The summed E-state index contributed by atoms with van der Waals surface area (Å²) in [5, 5.41) is 0. The molecule has 0 radical (unpaired) electrons. The van der Waals surface area contributed by atoms with Crippen molar-refractivity contribution in [3.05, 3.63) is 35.8 Å². The van der Waals surface area contributed by atoms with Crippen LogP contribution in [0.1, 0.15) is 24.2 Å². The van der Waals surface area contributed by atoms with Crippen LogP contribution in [0.2, 0.25) is 0 Å². The number of piperidine rings is 1. The Bertz CT molecular complexity index is 647. The molecule has 0 unspecified atom stereocenters. The summed E-state index contributed by atoms with van der Waals surface area (Å²) in [5.74, 6) is 0.841. The fraction of sp³-hybridized carbons (Fsp3) is 0.588. The van der Waals surface area contributed by atoms with Crippen LogP contribution in [-0.4, -0.2) is 51.9 Å². The molecule has 0 amide bonds. The highest BCUT2D eigenvalue weighted by molar-refractivity contribution is 5.42. The molecule has 112 valence electrons. The van der Waals surface area contributed by atoms with Gasteiger partial charge < -0.3 is 9.30 Å². The van der Waals surface area contributed by atoms with Crippen LogP contribution < -0.4 is 0 Å². The van der Waals surface area contributed by atoms with E-state index in [-0.39, 0.29) is 0 Å². The number of aromatic nitrogens is 2. The molecule has 4 nitrogen and oxygen atoms in total. The number of aryl methyl sites for hydroxylation is 1. The van der Waals surface area contributed by atoms with Gasteiger partial charge in [-0.05, 0) is 44.9 Å². The molecule has 0 aliphatic carbocycles. The fourth-order valence-electron chi connectivity index (χ4n) is 4.15. The first-order valence-electron chi connectivity index (χ1n) is 8.06. The van der Waals surface area contributed by atoms with Gasteiger partial charge in [-0.2, -0.15) is 0 Å². The third-order valence-corrected chi connectivity index (χ3v) is 5.19. The molecule has 2 aromatic heterocycles. The summed E-state index contributed by atoms with van der Waals surface area (Å²) in [5.41, 5.74) is 3.61. The minimum absolute atomic E-state index is 0.711. The summed E-state index contributed by atoms with van der Waals surface area (Å²) in [6, 6.07) is 6.97. The Morgan fingerprint density at radius 3 is 3.00 bits per heavy atom. The normalized spacial score (nSPS) is 27.3. The predicted molar refractivity (Wildman–Crippen MR) is 84.3 cm³/mol. The van der Waals surface area contributed by atoms with E-state index in [1.807, 2.05) is 0 Å². The van der Waals surface area contributed by atoms with E-state index in [0.717, 1.165) is 18.1 Å². The van der Waals surface area contributed by atoms with E-state index in [4.69, 9.17) is 4.98 Å². The van der Waals surface area contributed by atoms with Crippen molar-refractivity contribution in [2.24, 2.45) is 5.92 Å². The molecule has 0 aromatic carbocycles. The van der Waals surface area contributed by atoms with E-state index in [2.05, 4.69) is 52.6 Å². The zero-order valence-electron chi connectivity index (χ0n) is 13.0. The Morgan fingerprint density at radius 1 is 1.19 bits per heavy atom. The van der Waals surface area contributed by atoms with Gasteiger partial charge in [0.1, 0.15) is 5.65 Å². The van der Waals surface area contributed by atoms with Crippen LogP contribution in [0, 0.1) is 12.8 Å². The van der Waals surface area contributed by atoms with Gasteiger partial charge in [0, 0.05) is 38.4 Å². The highest BCUT2D eigenvalue weighted by Gasteiger charge is 2.34. The molecule has 21 heavy (non-hydrogen) atoms. The number of fused-ring (bicyclic) bond motifs is 5. The Kier molecular flexibility index (Phi) is 3.23. The van der Waals surface area contributed by atoms with E-state index in [1.54, 1.807) is 0 Å². The van der Waals surface area contributed by atoms with Crippen molar-refractivity contribution in [3.8, 4) is 0 Å². The van der Waals surface area contributed by atoms with Gasteiger partial charge in [0.05, 0.1) is 11.4 Å². The van der Waals surface area contributed by atoms with Gasteiger partial charge in [-0.25, -0.2) is 4.98 Å². The SMILES string of the molecule is Cc1nc2ccccn2c1CN1C[C@@H]2CC[C@H]1CN(C)C2. The van der Waals surface area contributed by atoms with Crippen molar-refractivity contribution in [2.45, 2.75) is 32.4 Å². The van der Waals surface area contributed by atoms with Crippen molar-refractivity contribution >= 4 is 5.65 Å². The van der Waals surface area contributed by atoms with Gasteiger partial charge in [0.2, 0.25) is 0 Å². The fourth-order valence-corrected chi connectivity index (χ4v) is 4.15. The van der Waals surface area contributed by atoms with Crippen LogP contribution in [-0.2, 0) is 6.54 Å². The molecule has 3 fully saturated rings. The first-order chi connectivity index (χ1) is 10.2. The summed E-state index contributed by atoms with van der Waals surface area (Å²) < 4.78 is 2.26.